The summed E-state index contributed by atoms with van der Waals surface area (Å²) in [7, 11) is 0. The van der Waals surface area contributed by atoms with Crippen LogP contribution in [-0.2, 0) is 52.7 Å². The summed E-state index contributed by atoms with van der Waals surface area (Å²) in [4.78, 5) is 68.1. The molecule has 1 aliphatic rings. The van der Waals surface area contributed by atoms with Crippen molar-refractivity contribution in [3.05, 3.63) is 207 Å². The first-order valence-electron chi connectivity index (χ1n) is 21.4. The molecule has 0 aliphatic carbocycles. The number of carbonyl (C=O) groups is 5. The minimum absolute atomic E-state index is 0.129. The molecule has 6 aromatic carbocycles. The van der Waals surface area contributed by atoms with Gasteiger partial charge in [0, 0.05) is 23.9 Å². The van der Waals surface area contributed by atoms with E-state index in [1.165, 1.54) is 50.2 Å². The monoisotopic (exact) mass is 910 g/mol. The largest absolute Gasteiger partial charge is 0.461 e. The maximum atomic E-state index is 14.2. The van der Waals surface area contributed by atoms with Gasteiger partial charge in [0.25, 0.3) is 0 Å². The molecule has 12 nitrogen and oxygen atoms in total. The molecule has 0 bridgehead atoms. The lowest BCUT2D eigenvalue weighted by molar-refractivity contribution is -0.284. The van der Waals surface area contributed by atoms with Gasteiger partial charge in [0.05, 0.1) is 22.3 Å². The van der Waals surface area contributed by atoms with Crippen molar-refractivity contribution in [3.63, 3.8) is 0 Å². The highest BCUT2D eigenvalue weighted by molar-refractivity contribution is 6.31. The highest BCUT2D eigenvalue weighted by atomic mass is 35.5. The fourth-order valence-corrected chi connectivity index (χ4v) is 7.61. The number of esters is 5. The van der Waals surface area contributed by atoms with Crippen LogP contribution in [0.2, 0.25) is 5.02 Å². The van der Waals surface area contributed by atoms with Gasteiger partial charge in [-0.1, -0.05) is 116 Å². The third-order valence-corrected chi connectivity index (χ3v) is 11.1. The SMILES string of the molecule is CCc1ccc(Cc2c(Cl)cc(COC(C)=O)cc2O[C@@H]2O[C@H]([C@@H](C)OC(=O)c3ccccc3)[C@@H](OC(=O)c3ccccc3)[C@H](OC(=O)c3ccccc3)[C@H]2OC(=O)c2ccccc2)cc1. The van der Waals surface area contributed by atoms with Gasteiger partial charge in [-0.3, -0.25) is 4.79 Å². The van der Waals surface area contributed by atoms with Gasteiger partial charge in [-0.2, -0.15) is 0 Å². The number of rotatable bonds is 16. The smallest absolute Gasteiger partial charge is 0.338 e. The summed E-state index contributed by atoms with van der Waals surface area (Å²) in [6.45, 7) is 4.69. The van der Waals surface area contributed by atoms with Crippen LogP contribution in [0.15, 0.2) is 158 Å². The number of ether oxygens (including phenoxy) is 7. The second kappa shape index (κ2) is 22.1. The van der Waals surface area contributed by atoms with Gasteiger partial charge in [-0.25, -0.2) is 19.2 Å². The van der Waals surface area contributed by atoms with Crippen molar-refractivity contribution in [2.45, 2.75) is 77.0 Å². The van der Waals surface area contributed by atoms with E-state index in [0.29, 0.717) is 11.1 Å². The Labute approximate surface area is 387 Å². The Bertz CT molecular complexity index is 2610. The molecule has 1 heterocycles. The lowest BCUT2D eigenvalue weighted by atomic mass is 9.94. The molecule has 0 saturated carbocycles. The molecule has 0 spiro atoms. The van der Waals surface area contributed by atoms with E-state index >= 15 is 0 Å². The van der Waals surface area contributed by atoms with Crippen LogP contribution in [-0.4, -0.2) is 66.7 Å². The zero-order chi connectivity index (χ0) is 46.6. The first-order valence-corrected chi connectivity index (χ1v) is 21.7. The Kier molecular flexibility index (Phi) is 15.6. The first-order chi connectivity index (χ1) is 32.0. The summed E-state index contributed by atoms with van der Waals surface area (Å²) in [5.74, 6) is -3.68. The van der Waals surface area contributed by atoms with Crippen molar-refractivity contribution < 1.29 is 57.1 Å². The van der Waals surface area contributed by atoms with Crippen LogP contribution in [0.3, 0.4) is 0 Å². The van der Waals surface area contributed by atoms with Gasteiger partial charge in [-0.15, -0.1) is 0 Å². The summed E-state index contributed by atoms with van der Waals surface area (Å²) >= 11 is 7.04. The predicted molar refractivity (Wildman–Crippen MR) is 243 cm³/mol. The second-order valence-corrected chi connectivity index (χ2v) is 15.9. The minimum atomic E-state index is -1.68. The standard InChI is InChI=1S/C53H47ClO12/c1-4-35-25-27-36(28-26-35)29-42-43(54)30-37(32-60-34(3)55)31-44(42)62-53-48(65-52(59)41-23-15-8-16-24-41)47(64-51(58)40-21-13-7-14-22-40)46(63-50(57)39-19-11-6-12-20-39)45(66-53)33(2)61-49(56)38-17-9-5-10-18-38/h5-28,30-31,33,45-48,53H,4,29,32H2,1-3H3/t33-,45-,46-,47+,48-,53-/m1/s1. The van der Waals surface area contributed by atoms with E-state index in [9.17, 15) is 24.0 Å². The van der Waals surface area contributed by atoms with Crippen LogP contribution in [0, 0.1) is 0 Å². The lowest BCUT2D eigenvalue weighted by Crippen LogP contribution is -2.65. The average molecular weight is 911 g/mol. The average Bonchev–Trinajstić information content (AvgIpc) is 3.34. The maximum absolute atomic E-state index is 14.2. The molecular weight excluding hydrogens is 864 g/mol. The maximum Gasteiger partial charge on any atom is 0.338 e. The van der Waals surface area contributed by atoms with E-state index in [0.717, 1.165) is 17.5 Å². The Morgan fingerprint density at radius 1 is 0.576 bits per heavy atom. The Balaban J connectivity index is 1.38. The van der Waals surface area contributed by atoms with Crippen LogP contribution >= 0.6 is 11.6 Å². The Morgan fingerprint density at radius 3 is 1.52 bits per heavy atom. The molecule has 1 saturated heterocycles. The van der Waals surface area contributed by atoms with E-state index in [-0.39, 0.29) is 46.1 Å². The van der Waals surface area contributed by atoms with Crippen molar-refractivity contribution in [2.75, 3.05) is 0 Å². The number of hydrogen-bond acceptors (Lipinski definition) is 12. The zero-order valence-corrected chi connectivity index (χ0v) is 37.1. The molecule has 0 N–H and O–H groups in total. The molecule has 6 atom stereocenters. The molecule has 338 valence electrons. The van der Waals surface area contributed by atoms with Crippen molar-refractivity contribution in [3.8, 4) is 5.75 Å². The third kappa shape index (κ3) is 11.9. The molecule has 66 heavy (non-hydrogen) atoms. The molecule has 1 aliphatic heterocycles. The Hall–Kier alpha value is -7.28. The summed E-state index contributed by atoms with van der Waals surface area (Å²) in [5, 5.41) is 0.256. The van der Waals surface area contributed by atoms with E-state index in [1.807, 2.05) is 24.3 Å². The van der Waals surface area contributed by atoms with Crippen LogP contribution in [0.5, 0.6) is 5.75 Å². The molecular formula is C53H47ClO12. The number of carbonyl (C=O) groups excluding carboxylic acids is 5. The van der Waals surface area contributed by atoms with Crippen LogP contribution in [0.4, 0.5) is 0 Å². The normalized spacial score (nSPS) is 18.2. The predicted octanol–water partition coefficient (Wildman–Crippen LogP) is 9.58. The van der Waals surface area contributed by atoms with Crippen LogP contribution < -0.4 is 4.74 Å². The van der Waals surface area contributed by atoms with Gasteiger partial charge >= 0.3 is 29.8 Å². The van der Waals surface area contributed by atoms with Gasteiger partial charge in [0.2, 0.25) is 12.4 Å². The van der Waals surface area contributed by atoms with Crippen molar-refractivity contribution >= 4 is 41.4 Å². The Morgan fingerprint density at radius 2 is 1.03 bits per heavy atom. The van der Waals surface area contributed by atoms with Gasteiger partial charge in [0.1, 0.15) is 24.6 Å². The van der Waals surface area contributed by atoms with Crippen molar-refractivity contribution in [1.82, 2.24) is 0 Å². The molecule has 13 heteroatoms. The van der Waals surface area contributed by atoms with Gasteiger partial charge in [0.15, 0.2) is 12.2 Å². The van der Waals surface area contributed by atoms with Gasteiger partial charge < -0.3 is 33.2 Å². The summed E-state index contributed by atoms with van der Waals surface area (Å²) in [6.07, 6.45) is -8.23. The summed E-state index contributed by atoms with van der Waals surface area (Å²) in [5.41, 5.74) is 3.58. The molecule has 0 unspecified atom stereocenters. The molecule has 6 aromatic rings. The number of halogens is 1. The van der Waals surface area contributed by atoms with Crippen molar-refractivity contribution in [1.29, 1.82) is 0 Å². The topological polar surface area (TPSA) is 150 Å². The highest BCUT2D eigenvalue weighted by Crippen LogP contribution is 2.38. The molecule has 1 fully saturated rings. The quantitative estimate of drug-likeness (QED) is 0.0672. The fourth-order valence-electron chi connectivity index (χ4n) is 7.31. The van der Waals surface area contributed by atoms with Crippen LogP contribution in [0.25, 0.3) is 0 Å². The third-order valence-electron chi connectivity index (χ3n) is 10.8. The number of hydrogen-bond donors (Lipinski definition) is 0. The molecule has 7 rings (SSSR count). The number of aryl methyl sites for hydroxylation is 1. The molecule has 0 amide bonds. The molecule has 0 radical (unpaired) electrons. The zero-order valence-electron chi connectivity index (χ0n) is 36.4. The van der Waals surface area contributed by atoms with E-state index < -0.39 is 66.7 Å². The number of benzene rings is 6. The summed E-state index contributed by atoms with van der Waals surface area (Å²) < 4.78 is 43.7. The van der Waals surface area contributed by atoms with E-state index in [4.69, 9.17) is 44.8 Å². The molecule has 0 aromatic heterocycles. The summed E-state index contributed by atoms with van der Waals surface area (Å²) in [6, 6.07) is 43.7. The van der Waals surface area contributed by atoms with E-state index in [1.54, 1.807) is 97.1 Å². The van der Waals surface area contributed by atoms with Gasteiger partial charge in [-0.05, 0) is 90.7 Å². The first kappa shape index (κ1) is 46.7. The fraction of sp³-hybridized carbons (Fsp3) is 0.226. The second-order valence-electron chi connectivity index (χ2n) is 15.5. The van der Waals surface area contributed by atoms with Crippen molar-refractivity contribution in [2.24, 2.45) is 0 Å². The minimum Gasteiger partial charge on any atom is -0.461 e. The highest BCUT2D eigenvalue weighted by Gasteiger charge is 2.56. The van der Waals surface area contributed by atoms with Crippen LogP contribution in [0.1, 0.15) is 84.5 Å². The lowest BCUT2D eigenvalue weighted by Gasteiger charge is -2.45. The van der Waals surface area contributed by atoms with E-state index in [2.05, 4.69) is 6.92 Å².